The SMILES string of the molecule is CCOC(=O)c1cccn2c(N)cnc12. The third kappa shape index (κ3) is 1.52. The number of nitrogen functional groups attached to an aromatic ring is 1. The first-order valence-electron chi connectivity index (χ1n) is 4.62. The van der Waals surface area contributed by atoms with Gasteiger partial charge in [-0.25, -0.2) is 9.78 Å². The van der Waals surface area contributed by atoms with Crippen molar-refractivity contribution in [2.45, 2.75) is 6.92 Å². The molecule has 78 valence electrons. The molecule has 0 aliphatic rings. The average Bonchev–Trinajstić information content (AvgIpc) is 2.61. The number of carbonyl (C=O) groups excluding carboxylic acids is 1. The molecule has 0 fully saturated rings. The molecule has 2 aromatic rings. The van der Waals surface area contributed by atoms with E-state index in [2.05, 4.69) is 4.98 Å². The van der Waals surface area contributed by atoms with Crippen LogP contribution in [0.15, 0.2) is 24.5 Å². The number of nitrogens with two attached hydrogens (primary N) is 1. The molecule has 2 heterocycles. The van der Waals surface area contributed by atoms with Crippen LogP contribution in [0.2, 0.25) is 0 Å². The normalized spacial score (nSPS) is 10.5. The second kappa shape index (κ2) is 3.61. The number of carbonyl (C=O) groups is 1. The smallest absolute Gasteiger partial charge is 0.341 e. The van der Waals surface area contributed by atoms with Crippen molar-refractivity contribution >= 4 is 17.4 Å². The van der Waals surface area contributed by atoms with Crippen molar-refractivity contribution in [3.8, 4) is 0 Å². The van der Waals surface area contributed by atoms with Gasteiger partial charge in [0, 0.05) is 6.20 Å². The molecule has 0 spiro atoms. The number of imidazole rings is 1. The van der Waals surface area contributed by atoms with Crippen LogP contribution in [0.5, 0.6) is 0 Å². The number of esters is 1. The molecule has 5 heteroatoms. The van der Waals surface area contributed by atoms with Gasteiger partial charge in [0.2, 0.25) is 0 Å². The second-order valence-electron chi connectivity index (χ2n) is 3.02. The number of nitrogens with zero attached hydrogens (tertiary/aromatic N) is 2. The summed E-state index contributed by atoms with van der Waals surface area (Å²) in [5, 5.41) is 0. The van der Waals surface area contributed by atoms with Crippen LogP contribution in [0.1, 0.15) is 17.3 Å². The molecule has 0 amide bonds. The largest absolute Gasteiger partial charge is 0.462 e. The van der Waals surface area contributed by atoms with Crippen molar-refractivity contribution in [3.05, 3.63) is 30.1 Å². The lowest BCUT2D eigenvalue weighted by Crippen LogP contribution is -2.07. The summed E-state index contributed by atoms with van der Waals surface area (Å²) < 4.78 is 6.56. The van der Waals surface area contributed by atoms with E-state index in [1.54, 1.807) is 29.7 Å². The number of pyridine rings is 1. The standard InChI is InChI=1S/C10H11N3O2/c1-2-15-10(14)7-4-3-5-13-8(11)6-12-9(7)13/h3-6H,2,11H2,1H3. The van der Waals surface area contributed by atoms with Crippen molar-refractivity contribution in [2.75, 3.05) is 12.3 Å². The summed E-state index contributed by atoms with van der Waals surface area (Å²) in [6, 6.07) is 3.40. The Labute approximate surface area is 86.5 Å². The summed E-state index contributed by atoms with van der Waals surface area (Å²) in [5.41, 5.74) is 6.62. The zero-order chi connectivity index (χ0) is 10.8. The molecule has 2 aromatic heterocycles. The second-order valence-corrected chi connectivity index (χ2v) is 3.02. The van der Waals surface area contributed by atoms with Gasteiger partial charge in [-0.05, 0) is 19.1 Å². The molecule has 0 radical (unpaired) electrons. The molecule has 0 aliphatic heterocycles. The monoisotopic (exact) mass is 205 g/mol. The number of anilines is 1. The van der Waals surface area contributed by atoms with E-state index < -0.39 is 0 Å². The van der Waals surface area contributed by atoms with Crippen LogP contribution in [-0.2, 0) is 4.74 Å². The number of hydrogen-bond donors (Lipinski definition) is 1. The molecule has 15 heavy (non-hydrogen) atoms. The molecule has 2 N–H and O–H groups in total. The summed E-state index contributed by atoms with van der Waals surface area (Å²) in [5.74, 6) is 0.116. The Bertz CT molecular complexity index is 504. The van der Waals surface area contributed by atoms with E-state index in [9.17, 15) is 4.79 Å². The molecule has 0 saturated carbocycles. The quantitative estimate of drug-likeness (QED) is 0.745. The summed E-state index contributed by atoms with van der Waals surface area (Å²) in [6.45, 7) is 2.11. The summed E-state index contributed by atoms with van der Waals surface area (Å²) >= 11 is 0. The minimum Gasteiger partial charge on any atom is -0.462 e. The molecular weight excluding hydrogens is 194 g/mol. The number of ether oxygens (including phenoxy) is 1. The van der Waals surface area contributed by atoms with Gasteiger partial charge in [0.15, 0.2) is 5.65 Å². The van der Waals surface area contributed by atoms with E-state index in [4.69, 9.17) is 10.5 Å². The van der Waals surface area contributed by atoms with E-state index in [1.807, 2.05) is 0 Å². The lowest BCUT2D eigenvalue weighted by molar-refractivity contribution is 0.0528. The summed E-state index contributed by atoms with van der Waals surface area (Å²) in [6.07, 6.45) is 3.26. The molecule has 2 rings (SSSR count). The minimum absolute atomic E-state index is 0.343. The lowest BCUT2D eigenvalue weighted by Gasteiger charge is -2.03. The molecular formula is C10H11N3O2. The molecule has 0 atom stereocenters. The van der Waals surface area contributed by atoms with Gasteiger partial charge >= 0.3 is 5.97 Å². The third-order valence-corrected chi connectivity index (χ3v) is 2.06. The molecule has 5 nitrogen and oxygen atoms in total. The minimum atomic E-state index is -0.381. The van der Waals surface area contributed by atoms with Gasteiger partial charge in [-0.15, -0.1) is 0 Å². The Balaban J connectivity index is 2.56. The van der Waals surface area contributed by atoms with Crippen LogP contribution in [-0.4, -0.2) is 22.0 Å². The van der Waals surface area contributed by atoms with Crippen molar-refractivity contribution in [1.82, 2.24) is 9.38 Å². The first kappa shape index (κ1) is 9.51. The zero-order valence-electron chi connectivity index (χ0n) is 8.30. The Hall–Kier alpha value is -2.04. The maximum absolute atomic E-state index is 11.6. The average molecular weight is 205 g/mol. The first-order valence-corrected chi connectivity index (χ1v) is 4.62. The van der Waals surface area contributed by atoms with Gasteiger partial charge in [-0.1, -0.05) is 0 Å². The predicted octanol–water partition coefficient (Wildman–Crippen LogP) is 1.09. The van der Waals surface area contributed by atoms with Gasteiger partial charge in [-0.3, -0.25) is 4.40 Å². The van der Waals surface area contributed by atoms with Gasteiger partial charge in [0.1, 0.15) is 11.4 Å². The van der Waals surface area contributed by atoms with E-state index in [0.29, 0.717) is 23.6 Å². The van der Waals surface area contributed by atoms with Crippen molar-refractivity contribution in [2.24, 2.45) is 0 Å². The third-order valence-electron chi connectivity index (χ3n) is 2.06. The zero-order valence-corrected chi connectivity index (χ0v) is 8.30. The number of aromatic nitrogens is 2. The Morgan fingerprint density at radius 3 is 3.20 bits per heavy atom. The lowest BCUT2D eigenvalue weighted by atomic mass is 10.3. The topological polar surface area (TPSA) is 69.6 Å². The van der Waals surface area contributed by atoms with Gasteiger partial charge in [0.25, 0.3) is 0 Å². The highest BCUT2D eigenvalue weighted by atomic mass is 16.5. The maximum Gasteiger partial charge on any atom is 0.341 e. The van der Waals surface area contributed by atoms with Crippen LogP contribution < -0.4 is 5.73 Å². The summed E-state index contributed by atoms with van der Waals surface area (Å²) in [7, 11) is 0. The highest BCUT2D eigenvalue weighted by Gasteiger charge is 2.13. The Morgan fingerprint density at radius 1 is 1.67 bits per heavy atom. The van der Waals surface area contributed by atoms with Crippen molar-refractivity contribution < 1.29 is 9.53 Å². The fourth-order valence-corrected chi connectivity index (χ4v) is 1.40. The molecule has 0 aromatic carbocycles. The molecule has 0 aliphatic carbocycles. The van der Waals surface area contributed by atoms with Gasteiger partial charge in [-0.2, -0.15) is 0 Å². The first-order chi connectivity index (χ1) is 7.24. The maximum atomic E-state index is 11.6. The van der Waals surface area contributed by atoms with Gasteiger partial charge < -0.3 is 10.5 Å². The van der Waals surface area contributed by atoms with Crippen LogP contribution in [0, 0.1) is 0 Å². The van der Waals surface area contributed by atoms with Gasteiger partial charge in [0.05, 0.1) is 12.8 Å². The van der Waals surface area contributed by atoms with E-state index in [0.717, 1.165) is 0 Å². The number of rotatable bonds is 2. The van der Waals surface area contributed by atoms with Crippen LogP contribution >= 0.6 is 0 Å². The highest BCUT2D eigenvalue weighted by molar-refractivity contribution is 5.96. The number of fused-ring (bicyclic) bond motifs is 1. The fraction of sp³-hybridized carbons (Fsp3) is 0.200. The number of hydrogen-bond acceptors (Lipinski definition) is 4. The molecule has 0 unspecified atom stereocenters. The van der Waals surface area contributed by atoms with Crippen LogP contribution in [0.4, 0.5) is 5.82 Å². The molecule has 0 saturated heterocycles. The van der Waals surface area contributed by atoms with E-state index in [-0.39, 0.29) is 5.97 Å². The Morgan fingerprint density at radius 2 is 2.47 bits per heavy atom. The predicted molar refractivity (Wildman–Crippen MR) is 55.6 cm³/mol. The Kier molecular flexibility index (Phi) is 2.29. The van der Waals surface area contributed by atoms with Crippen molar-refractivity contribution in [3.63, 3.8) is 0 Å². The summed E-state index contributed by atoms with van der Waals surface area (Å²) in [4.78, 5) is 15.6. The van der Waals surface area contributed by atoms with Crippen LogP contribution in [0.25, 0.3) is 5.65 Å². The fourth-order valence-electron chi connectivity index (χ4n) is 1.40. The van der Waals surface area contributed by atoms with Crippen LogP contribution in [0.3, 0.4) is 0 Å². The van der Waals surface area contributed by atoms with E-state index in [1.165, 1.54) is 6.20 Å². The van der Waals surface area contributed by atoms with E-state index >= 15 is 0 Å². The highest BCUT2D eigenvalue weighted by Crippen LogP contribution is 2.14. The molecule has 0 bridgehead atoms. The van der Waals surface area contributed by atoms with Crippen molar-refractivity contribution in [1.29, 1.82) is 0 Å².